The van der Waals surface area contributed by atoms with Gasteiger partial charge in [0.05, 0.1) is 19.8 Å². The Morgan fingerprint density at radius 3 is 2.55 bits per heavy atom. The zero-order valence-electron chi connectivity index (χ0n) is 13.6. The van der Waals surface area contributed by atoms with Gasteiger partial charge in [-0.3, -0.25) is 4.79 Å². The summed E-state index contributed by atoms with van der Waals surface area (Å²) < 4.78 is 16.0. The van der Waals surface area contributed by atoms with Crippen molar-refractivity contribution in [2.45, 2.75) is 26.3 Å². The molecule has 0 radical (unpaired) electrons. The van der Waals surface area contributed by atoms with Crippen LogP contribution in [0.2, 0.25) is 0 Å². The molecule has 124 valence electrons. The predicted molar refractivity (Wildman–Crippen MR) is 85.3 cm³/mol. The Hall–Kier alpha value is -1.79. The van der Waals surface area contributed by atoms with Gasteiger partial charge in [0.15, 0.2) is 11.5 Å². The van der Waals surface area contributed by atoms with Crippen LogP contribution in [0.5, 0.6) is 11.5 Å². The molecule has 1 amide bonds. The number of nitrogens with one attached hydrogen (secondary N) is 1. The molecule has 1 atom stereocenters. The summed E-state index contributed by atoms with van der Waals surface area (Å²) in [5.74, 6) is 1.25. The minimum atomic E-state index is -0.635. The molecule has 0 aliphatic carbocycles. The van der Waals surface area contributed by atoms with Crippen LogP contribution in [-0.2, 0) is 16.0 Å². The molecule has 3 N–H and O–H groups in total. The highest BCUT2D eigenvalue weighted by Gasteiger charge is 2.12. The molecule has 0 bridgehead atoms. The third kappa shape index (κ3) is 5.91. The minimum absolute atomic E-state index is 0.210. The van der Waals surface area contributed by atoms with Crippen molar-refractivity contribution in [3.63, 3.8) is 0 Å². The molecule has 0 aliphatic rings. The molecular weight excluding hydrogens is 284 g/mol. The Bertz CT molecular complexity index is 465. The standard InChI is InChI=1S/C16H26N2O4/c1-4-21-14-7-6-12(10-15(14)22-5-2)8-9-18-16(19)13(17)11-20-3/h6-7,10,13H,4-5,8-9,11,17H2,1-3H3,(H,18,19). The van der Waals surface area contributed by atoms with E-state index in [-0.39, 0.29) is 12.5 Å². The number of rotatable bonds is 10. The van der Waals surface area contributed by atoms with E-state index in [1.807, 2.05) is 32.0 Å². The molecule has 1 aromatic carbocycles. The second kappa shape index (κ2) is 10.0. The Labute approximate surface area is 131 Å². The van der Waals surface area contributed by atoms with Crippen molar-refractivity contribution in [2.24, 2.45) is 5.73 Å². The Morgan fingerprint density at radius 2 is 1.91 bits per heavy atom. The highest BCUT2D eigenvalue weighted by molar-refractivity contribution is 5.81. The molecule has 1 aromatic rings. The van der Waals surface area contributed by atoms with Crippen LogP contribution in [0.15, 0.2) is 18.2 Å². The summed E-state index contributed by atoms with van der Waals surface area (Å²) in [6.07, 6.45) is 0.692. The molecule has 22 heavy (non-hydrogen) atoms. The van der Waals surface area contributed by atoms with Crippen LogP contribution in [0, 0.1) is 0 Å². The van der Waals surface area contributed by atoms with Crippen molar-refractivity contribution in [1.29, 1.82) is 0 Å². The largest absolute Gasteiger partial charge is 0.490 e. The Kier molecular flexibility index (Phi) is 8.32. The number of methoxy groups -OCH3 is 1. The first-order valence-electron chi connectivity index (χ1n) is 7.53. The van der Waals surface area contributed by atoms with E-state index in [1.165, 1.54) is 7.11 Å². The van der Waals surface area contributed by atoms with Gasteiger partial charge in [-0.2, -0.15) is 0 Å². The van der Waals surface area contributed by atoms with Crippen molar-refractivity contribution in [3.05, 3.63) is 23.8 Å². The lowest BCUT2D eigenvalue weighted by molar-refractivity contribution is -0.123. The fourth-order valence-corrected chi connectivity index (χ4v) is 1.97. The van der Waals surface area contributed by atoms with Crippen LogP contribution in [0.4, 0.5) is 0 Å². The molecule has 0 aliphatic heterocycles. The van der Waals surface area contributed by atoms with Crippen LogP contribution in [0.3, 0.4) is 0 Å². The summed E-state index contributed by atoms with van der Waals surface area (Å²) >= 11 is 0. The average Bonchev–Trinajstić information content (AvgIpc) is 2.50. The maximum Gasteiger partial charge on any atom is 0.239 e. The third-order valence-electron chi connectivity index (χ3n) is 3.00. The van der Waals surface area contributed by atoms with Gasteiger partial charge >= 0.3 is 0 Å². The maximum absolute atomic E-state index is 11.7. The number of benzene rings is 1. The average molecular weight is 310 g/mol. The molecule has 0 heterocycles. The molecule has 1 rings (SSSR count). The second-order valence-electron chi connectivity index (χ2n) is 4.75. The normalized spacial score (nSPS) is 11.8. The van der Waals surface area contributed by atoms with Gasteiger partial charge in [0.25, 0.3) is 0 Å². The molecule has 6 heteroatoms. The topological polar surface area (TPSA) is 82.8 Å². The van der Waals surface area contributed by atoms with E-state index >= 15 is 0 Å². The van der Waals surface area contributed by atoms with Crippen LogP contribution >= 0.6 is 0 Å². The lowest BCUT2D eigenvalue weighted by Gasteiger charge is -2.13. The number of ether oxygens (including phenoxy) is 3. The van der Waals surface area contributed by atoms with Gasteiger partial charge in [0.2, 0.25) is 5.91 Å². The number of hydrogen-bond acceptors (Lipinski definition) is 5. The monoisotopic (exact) mass is 310 g/mol. The third-order valence-corrected chi connectivity index (χ3v) is 3.00. The van der Waals surface area contributed by atoms with Crippen LogP contribution in [0.1, 0.15) is 19.4 Å². The van der Waals surface area contributed by atoms with Gasteiger partial charge in [-0.1, -0.05) is 6.07 Å². The molecular formula is C16H26N2O4. The number of carbonyl (C=O) groups excluding carboxylic acids is 1. The predicted octanol–water partition coefficient (Wildman–Crippen LogP) is 1.12. The summed E-state index contributed by atoms with van der Waals surface area (Å²) in [4.78, 5) is 11.7. The van der Waals surface area contributed by atoms with Gasteiger partial charge in [-0.05, 0) is 38.0 Å². The highest BCUT2D eigenvalue weighted by atomic mass is 16.5. The summed E-state index contributed by atoms with van der Waals surface area (Å²) in [7, 11) is 1.52. The van der Waals surface area contributed by atoms with E-state index in [4.69, 9.17) is 19.9 Å². The smallest absolute Gasteiger partial charge is 0.239 e. The maximum atomic E-state index is 11.7. The van der Waals surface area contributed by atoms with Crippen molar-refractivity contribution >= 4 is 5.91 Å². The fourth-order valence-electron chi connectivity index (χ4n) is 1.97. The van der Waals surface area contributed by atoms with E-state index in [0.717, 1.165) is 17.1 Å². The van der Waals surface area contributed by atoms with Crippen molar-refractivity contribution in [3.8, 4) is 11.5 Å². The first kappa shape index (κ1) is 18.3. The van der Waals surface area contributed by atoms with E-state index in [2.05, 4.69) is 5.32 Å². The van der Waals surface area contributed by atoms with E-state index in [9.17, 15) is 4.79 Å². The number of hydrogen-bond donors (Lipinski definition) is 2. The number of carbonyl (C=O) groups is 1. The minimum Gasteiger partial charge on any atom is -0.490 e. The molecule has 1 unspecified atom stereocenters. The van der Waals surface area contributed by atoms with Crippen LogP contribution < -0.4 is 20.5 Å². The first-order valence-corrected chi connectivity index (χ1v) is 7.53. The number of nitrogens with two attached hydrogens (primary N) is 1. The van der Waals surface area contributed by atoms with Crippen LogP contribution in [-0.4, -0.2) is 45.4 Å². The van der Waals surface area contributed by atoms with Crippen molar-refractivity contribution < 1.29 is 19.0 Å². The van der Waals surface area contributed by atoms with Gasteiger partial charge in [-0.15, -0.1) is 0 Å². The SMILES string of the molecule is CCOc1ccc(CCNC(=O)C(N)COC)cc1OCC. The quantitative estimate of drug-likeness (QED) is 0.676. The molecule has 0 spiro atoms. The van der Waals surface area contributed by atoms with Crippen molar-refractivity contribution in [1.82, 2.24) is 5.32 Å². The Balaban J connectivity index is 2.55. The summed E-state index contributed by atoms with van der Waals surface area (Å²) in [5, 5.41) is 2.79. The van der Waals surface area contributed by atoms with Gasteiger partial charge in [0, 0.05) is 13.7 Å². The van der Waals surface area contributed by atoms with Crippen LogP contribution in [0.25, 0.3) is 0 Å². The van der Waals surface area contributed by atoms with Crippen molar-refractivity contribution in [2.75, 3.05) is 33.5 Å². The molecule has 0 fully saturated rings. The Morgan fingerprint density at radius 1 is 1.23 bits per heavy atom. The molecule has 0 saturated heterocycles. The van der Waals surface area contributed by atoms with E-state index < -0.39 is 6.04 Å². The first-order chi connectivity index (χ1) is 10.6. The molecule has 0 saturated carbocycles. The zero-order valence-corrected chi connectivity index (χ0v) is 13.6. The van der Waals surface area contributed by atoms with E-state index in [0.29, 0.717) is 26.2 Å². The molecule has 6 nitrogen and oxygen atoms in total. The van der Waals surface area contributed by atoms with Gasteiger partial charge < -0.3 is 25.3 Å². The summed E-state index contributed by atoms with van der Waals surface area (Å²) in [6.45, 7) is 5.75. The van der Waals surface area contributed by atoms with E-state index in [1.54, 1.807) is 0 Å². The van der Waals surface area contributed by atoms with Gasteiger partial charge in [-0.25, -0.2) is 0 Å². The zero-order chi connectivity index (χ0) is 16.4. The second-order valence-corrected chi connectivity index (χ2v) is 4.75. The number of amides is 1. The lowest BCUT2D eigenvalue weighted by atomic mass is 10.1. The van der Waals surface area contributed by atoms with Gasteiger partial charge in [0.1, 0.15) is 6.04 Å². The summed E-state index contributed by atoms with van der Waals surface area (Å²) in [6, 6.07) is 5.16. The molecule has 0 aromatic heterocycles. The highest BCUT2D eigenvalue weighted by Crippen LogP contribution is 2.28. The lowest BCUT2D eigenvalue weighted by Crippen LogP contribution is -2.44. The fraction of sp³-hybridized carbons (Fsp3) is 0.562. The summed E-state index contributed by atoms with van der Waals surface area (Å²) in [5.41, 5.74) is 6.71.